The topological polar surface area (TPSA) is 62.4 Å². The maximum Gasteiger partial charge on any atom is 0.248 e. The second-order valence-corrected chi connectivity index (χ2v) is 6.89. The van der Waals surface area contributed by atoms with Gasteiger partial charge in [-0.1, -0.05) is 23.7 Å². The zero-order chi connectivity index (χ0) is 18.9. The zero-order valence-electron chi connectivity index (χ0n) is 13.8. The summed E-state index contributed by atoms with van der Waals surface area (Å²) in [5.41, 5.74) is 6.64. The van der Waals surface area contributed by atoms with Gasteiger partial charge in [-0.05, 0) is 42.0 Å². The standard InChI is InChI=1S/C17H17ClFN3O2S2/c1-24-14-4-2-3-13(8-14)20-17(25)22-21-16(23)10-26-9-11-5-6-12(19)7-15(11)18/h2-8H,9-10H2,1H3,(H,21,23)(H2,20,22,25). The van der Waals surface area contributed by atoms with Gasteiger partial charge in [0.2, 0.25) is 5.91 Å². The van der Waals surface area contributed by atoms with E-state index in [4.69, 9.17) is 28.6 Å². The van der Waals surface area contributed by atoms with Crippen LogP contribution in [0, 0.1) is 5.82 Å². The molecule has 0 spiro atoms. The van der Waals surface area contributed by atoms with Crippen LogP contribution in [0.1, 0.15) is 5.56 Å². The molecule has 1 amide bonds. The van der Waals surface area contributed by atoms with Crippen molar-refractivity contribution in [3.8, 4) is 5.75 Å². The van der Waals surface area contributed by atoms with Gasteiger partial charge >= 0.3 is 0 Å². The summed E-state index contributed by atoms with van der Waals surface area (Å²) < 4.78 is 18.1. The number of ether oxygens (including phenoxy) is 1. The van der Waals surface area contributed by atoms with E-state index in [1.54, 1.807) is 19.2 Å². The number of amides is 1. The predicted molar refractivity (Wildman–Crippen MR) is 108 cm³/mol. The molecule has 2 rings (SSSR count). The molecule has 0 unspecified atom stereocenters. The number of thiocarbonyl (C=S) groups is 1. The molecule has 0 radical (unpaired) electrons. The smallest absolute Gasteiger partial charge is 0.248 e. The monoisotopic (exact) mass is 413 g/mol. The Morgan fingerprint density at radius 2 is 2.08 bits per heavy atom. The van der Waals surface area contributed by atoms with Gasteiger partial charge in [0.1, 0.15) is 11.6 Å². The van der Waals surface area contributed by atoms with E-state index in [-0.39, 0.29) is 22.6 Å². The van der Waals surface area contributed by atoms with Gasteiger partial charge in [0.25, 0.3) is 0 Å². The fraction of sp³-hybridized carbons (Fsp3) is 0.176. The van der Waals surface area contributed by atoms with Crippen LogP contribution in [0.5, 0.6) is 5.75 Å². The number of nitrogens with one attached hydrogen (secondary N) is 3. The molecule has 138 valence electrons. The molecule has 2 aromatic carbocycles. The van der Waals surface area contributed by atoms with Crippen LogP contribution in [-0.4, -0.2) is 23.9 Å². The van der Waals surface area contributed by atoms with Gasteiger partial charge in [0.15, 0.2) is 5.11 Å². The van der Waals surface area contributed by atoms with E-state index >= 15 is 0 Å². The van der Waals surface area contributed by atoms with Crippen LogP contribution >= 0.6 is 35.6 Å². The third-order valence-corrected chi connectivity index (χ3v) is 4.69. The van der Waals surface area contributed by atoms with Crippen LogP contribution in [0.15, 0.2) is 42.5 Å². The summed E-state index contributed by atoms with van der Waals surface area (Å²) in [6, 6.07) is 11.4. The number of hydrazine groups is 1. The van der Waals surface area contributed by atoms with Gasteiger partial charge in [-0.3, -0.25) is 15.6 Å². The number of thioether (sulfide) groups is 1. The van der Waals surface area contributed by atoms with Gasteiger partial charge in [-0.2, -0.15) is 0 Å². The second-order valence-electron chi connectivity index (χ2n) is 5.09. The lowest BCUT2D eigenvalue weighted by Gasteiger charge is -2.12. The predicted octanol–water partition coefficient (Wildman–Crippen LogP) is 3.74. The molecule has 9 heteroatoms. The van der Waals surface area contributed by atoms with E-state index < -0.39 is 0 Å². The largest absolute Gasteiger partial charge is 0.497 e. The Morgan fingerprint density at radius 3 is 2.81 bits per heavy atom. The minimum Gasteiger partial charge on any atom is -0.497 e. The van der Waals surface area contributed by atoms with Crippen LogP contribution < -0.4 is 20.9 Å². The number of carbonyl (C=O) groups is 1. The minimum atomic E-state index is -0.386. The van der Waals surface area contributed by atoms with Crippen molar-refractivity contribution >= 4 is 52.3 Å². The van der Waals surface area contributed by atoms with Crippen molar-refractivity contribution in [1.82, 2.24) is 10.9 Å². The summed E-state index contributed by atoms with van der Waals surface area (Å²) in [7, 11) is 1.58. The molecule has 0 atom stereocenters. The first-order chi connectivity index (χ1) is 12.5. The highest BCUT2D eigenvalue weighted by Gasteiger charge is 2.06. The molecule has 0 heterocycles. The summed E-state index contributed by atoms with van der Waals surface area (Å²) >= 11 is 12.4. The molecule has 2 aromatic rings. The summed E-state index contributed by atoms with van der Waals surface area (Å²) in [4.78, 5) is 11.8. The lowest BCUT2D eigenvalue weighted by atomic mass is 10.2. The van der Waals surface area contributed by atoms with Gasteiger partial charge in [0.05, 0.1) is 12.9 Å². The molecule has 0 aromatic heterocycles. The van der Waals surface area contributed by atoms with Crippen molar-refractivity contribution in [1.29, 1.82) is 0 Å². The Balaban J connectivity index is 1.70. The maximum absolute atomic E-state index is 13.0. The average molecular weight is 414 g/mol. The van der Waals surface area contributed by atoms with Crippen molar-refractivity contribution in [2.75, 3.05) is 18.2 Å². The summed E-state index contributed by atoms with van der Waals surface area (Å²) in [5, 5.41) is 3.53. The quantitative estimate of drug-likeness (QED) is 0.495. The number of anilines is 1. The first-order valence-corrected chi connectivity index (χ1v) is 9.43. The molecule has 0 aliphatic carbocycles. The minimum absolute atomic E-state index is 0.197. The molecule has 0 saturated heterocycles. The molecule has 26 heavy (non-hydrogen) atoms. The first-order valence-electron chi connectivity index (χ1n) is 7.49. The van der Waals surface area contributed by atoms with Gasteiger partial charge in [-0.25, -0.2) is 4.39 Å². The maximum atomic E-state index is 13.0. The van der Waals surface area contributed by atoms with Crippen molar-refractivity contribution in [2.45, 2.75) is 5.75 Å². The molecular formula is C17H17ClFN3O2S2. The average Bonchev–Trinajstić information content (AvgIpc) is 2.62. The zero-order valence-corrected chi connectivity index (χ0v) is 16.2. The fourth-order valence-corrected chi connectivity index (χ4v) is 3.23. The molecule has 0 aliphatic rings. The van der Waals surface area contributed by atoms with E-state index in [1.807, 2.05) is 18.2 Å². The first kappa shape index (κ1) is 20.3. The summed E-state index contributed by atoms with van der Waals surface area (Å²) in [6.45, 7) is 0. The number of rotatable bonds is 6. The number of carbonyl (C=O) groups excluding carboxylic acids is 1. The number of benzene rings is 2. The Morgan fingerprint density at radius 1 is 1.27 bits per heavy atom. The summed E-state index contributed by atoms with van der Waals surface area (Å²) in [5.74, 6) is 0.755. The van der Waals surface area contributed by atoms with Crippen molar-refractivity contribution in [3.63, 3.8) is 0 Å². The van der Waals surface area contributed by atoms with Crippen molar-refractivity contribution < 1.29 is 13.9 Å². The van der Waals surface area contributed by atoms with Gasteiger partial charge in [0, 0.05) is 22.5 Å². The molecule has 3 N–H and O–H groups in total. The van der Waals surface area contributed by atoms with E-state index in [0.717, 1.165) is 11.3 Å². The van der Waals surface area contributed by atoms with Crippen LogP contribution in [0.25, 0.3) is 0 Å². The lowest BCUT2D eigenvalue weighted by Crippen LogP contribution is -2.44. The normalized spacial score (nSPS) is 10.1. The highest BCUT2D eigenvalue weighted by atomic mass is 35.5. The van der Waals surface area contributed by atoms with Crippen LogP contribution in [-0.2, 0) is 10.5 Å². The van der Waals surface area contributed by atoms with Crippen molar-refractivity contribution in [2.24, 2.45) is 0 Å². The second kappa shape index (κ2) is 10.2. The van der Waals surface area contributed by atoms with E-state index in [1.165, 1.54) is 23.9 Å². The highest BCUT2D eigenvalue weighted by Crippen LogP contribution is 2.22. The molecule has 0 fully saturated rings. The third-order valence-electron chi connectivity index (χ3n) is 3.15. The SMILES string of the molecule is COc1cccc(NC(=S)NNC(=O)CSCc2ccc(F)cc2Cl)c1. The van der Waals surface area contributed by atoms with Crippen LogP contribution in [0.3, 0.4) is 0 Å². The molecule has 5 nitrogen and oxygen atoms in total. The fourth-order valence-electron chi connectivity index (χ4n) is 1.92. The Kier molecular flexibility index (Phi) is 7.96. The van der Waals surface area contributed by atoms with E-state index in [9.17, 15) is 9.18 Å². The molecule has 0 bridgehead atoms. The van der Waals surface area contributed by atoms with Crippen molar-refractivity contribution in [3.05, 3.63) is 58.9 Å². The van der Waals surface area contributed by atoms with Crippen LogP contribution in [0.2, 0.25) is 5.02 Å². The molecule has 0 saturated carbocycles. The number of halogens is 2. The Labute approximate surface area is 165 Å². The third kappa shape index (κ3) is 6.70. The summed E-state index contributed by atoms with van der Waals surface area (Å²) in [6.07, 6.45) is 0. The Hall–Kier alpha value is -2.03. The van der Waals surface area contributed by atoms with Gasteiger partial charge in [-0.15, -0.1) is 11.8 Å². The van der Waals surface area contributed by atoms with E-state index in [0.29, 0.717) is 16.5 Å². The Bertz CT molecular complexity index is 792. The number of hydrogen-bond acceptors (Lipinski definition) is 4. The lowest BCUT2D eigenvalue weighted by molar-refractivity contribution is -0.119. The molecular weight excluding hydrogens is 397 g/mol. The van der Waals surface area contributed by atoms with E-state index in [2.05, 4.69) is 16.2 Å². The number of methoxy groups -OCH3 is 1. The number of hydrogen-bond donors (Lipinski definition) is 3. The van der Waals surface area contributed by atoms with Crippen LogP contribution in [0.4, 0.5) is 10.1 Å². The highest BCUT2D eigenvalue weighted by molar-refractivity contribution is 7.99. The molecule has 0 aliphatic heterocycles. The van der Waals surface area contributed by atoms with Gasteiger partial charge < -0.3 is 10.1 Å².